The third kappa shape index (κ3) is 3.43. The molecule has 2 aromatic carbocycles. The molecule has 0 bridgehead atoms. The molecule has 2 saturated heterocycles. The van der Waals surface area contributed by atoms with Gasteiger partial charge in [0.05, 0.1) is 12.2 Å². The van der Waals surface area contributed by atoms with Crippen LogP contribution in [0, 0.1) is 0 Å². The van der Waals surface area contributed by atoms with Crippen LogP contribution in [0.2, 0.25) is 0 Å². The maximum atomic E-state index is 12.9. The molecule has 1 unspecified atom stereocenters. The molecule has 0 saturated carbocycles. The predicted octanol–water partition coefficient (Wildman–Crippen LogP) is 2.14. The van der Waals surface area contributed by atoms with Crippen molar-refractivity contribution < 1.29 is 19.1 Å². The summed E-state index contributed by atoms with van der Waals surface area (Å²) < 4.78 is 5.54. The van der Waals surface area contributed by atoms with Crippen LogP contribution in [0.25, 0.3) is 0 Å². The minimum absolute atomic E-state index is 0.0960. The SMILES string of the molecule is O=C(COc1ccccc1)N1CCCN2C(=O)N(c3ccccc3)C(=O)C2C1. The molecule has 0 aliphatic carbocycles. The number of carbonyl (C=O) groups excluding carboxylic acids is 3. The molecule has 144 valence electrons. The van der Waals surface area contributed by atoms with Crippen LogP contribution in [0.15, 0.2) is 60.7 Å². The first-order chi connectivity index (χ1) is 13.6. The fourth-order valence-electron chi connectivity index (χ4n) is 3.59. The van der Waals surface area contributed by atoms with E-state index < -0.39 is 6.04 Å². The van der Waals surface area contributed by atoms with Gasteiger partial charge in [0.25, 0.3) is 11.8 Å². The lowest BCUT2D eigenvalue weighted by molar-refractivity contribution is -0.134. The Morgan fingerprint density at radius 2 is 1.64 bits per heavy atom. The van der Waals surface area contributed by atoms with Gasteiger partial charge in [0, 0.05) is 13.1 Å². The van der Waals surface area contributed by atoms with Crippen molar-refractivity contribution in [3.05, 3.63) is 60.7 Å². The van der Waals surface area contributed by atoms with Gasteiger partial charge in [-0.2, -0.15) is 0 Å². The van der Waals surface area contributed by atoms with E-state index in [4.69, 9.17) is 4.74 Å². The van der Waals surface area contributed by atoms with Crippen LogP contribution in [0.3, 0.4) is 0 Å². The minimum atomic E-state index is -0.657. The average Bonchev–Trinajstić information content (AvgIpc) is 2.89. The number of imide groups is 1. The molecule has 1 atom stereocenters. The first kappa shape index (κ1) is 18.0. The predicted molar refractivity (Wildman–Crippen MR) is 103 cm³/mol. The van der Waals surface area contributed by atoms with E-state index >= 15 is 0 Å². The van der Waals surface area contributed by atoms with Crippen LogP contribution in [-0.4, -0.2) is 59.9 Å². The van der Waals surface area contributed by atoms with Crippen molar-refractivity contribution in [3.63, 3.8) is 0 Å². The molecule has 2 fully saturated rings. The Hall–Kier alpha value is -3.35. The Balaban J connectivity index is 1.46. The third-order valence-corrected chi connectivity index (χ3v) is 5.01. The second-order valence-corrected chi connectivity index (χ2v) is 6.80. The lowest BCUT2D eigenvalue weighted by Gasteiger charge is -2.23. The van der Waals surface area contributed by atoms with Gasteiger partial charge in [0.1, 0.15) is 11.8 Å². The van der Waals surface area contributed by atoms with E-state index in [0.717, 1.165) is 0 Å². The molecule has 2 aliphatic heterocycles. The smallest absolute Gasteiger partial charge is 0.332 e. The van der Waals surface area contributed by atoms with Gasteiger partial charge in [-0.3, -0.25) is 9.59 Å². The highest BCUT2D eigenvalue weighted by Gasteiger charge is 2.47. The highest BCUT2D eigenvalue weighted by atomic mass is 16.5. The van der Waals surface area contributed by atoms with Gasteiger partial charge >= 0.3 is 6.03 Å². The number of urea groups is 1. The van der Waals surface area contributed by atoms with Gasteiger partial charge in [-0.1, -0.05) is 36.4 Å². The van der Waals surface area contributed by atoms with Crippen LogP contribution in [-0.2, 0) is 9.59 Å². The van der Waals surface area contributed by atoms with Crippen molar-refractivity contribution in [3.8, 4) is 5.75 Å². The number of fused-ring (bicyclic) bond motifs is 1. The zero-order valence-corrected chi connectivity index (χ0v) is 15.4. The maximum Gasteiger partial charge on any atom is 0.332 e. The topological polar surface area (TPSA) is 70.2 Å². The minimum Gasteiger partial charge on any atom is -0.484 e. The Morgan fingerprint density at radius 1 is 0.964 bits per heavy atom. The van der Waals surface area contributed by atoms with Gasteiger partial charge in [-0.15, -0.1) is 0 Å². The van der Waals surface area contributed by atoms with Gasteiger partial charge in [-0.25, -0.2) is 9.69 Å². The number of hydrogen-bond donors (Lipinski definition) is 0. The normalized spacial score (nSPS) is 19.4. The van der Waals surface area contributed by atoms with Crippen LogP contribution < -0.4 is 9.64 Å². The van der Waals surface area contributed by atoms with E-state index in [1.807, 2.05) is 24.3 Å². The van der Waals surface area contributed by atoms with Crippen molar-refractivity contribution in [2.24, 2.45) is 0 Å². The van der Waals surface area contributed by atoms with Crippen LogP contribution >= 0.6 is 0 Å². The van der Waals surface area contributed by atoms with Crippen LogP contribution in [0.1, 0.15) is 6.42 Å². The van der Waals surface area contributed by atoms with E-state index in [2.05, 4.69) is 0 Å². The lowest BCUT2D eigenvalue weighted by atomic mass is 10.2. The van der Waals surface area contributed by atoms with E-state index in [9.17, 15) is 14.4 Å². The third-order valence-electron chi connectivity index (χ3n) is 5.01. The van der Waals surface area contributed by atoms with Gasteiger partial charge in [0.15, 0.2) is 6.61 Å². The molecule has 4 rings (SSSR count). The molecule has 28 heavy (non-hydrogen) atoms. The summed E-state index contributed by atoms with van der Waals surface area (Å²) in [6.07, 6.45) is 0.620. The van der Waals surface area contributed by atoms with Gasteiger partial charge in [-0.05, 0) is 30.7 Å². The van der Waals surface area contributed by atoms with E-state index in [0.29, 0.717) is 30.9 Å². The van der Waals surface area contributed by atoms with E-state index in [1.165, 1.54) is 4.90 Å². The summed E-state index contributed by atoms with van der Waals surface area (Å²) in [7, 11) is 0. The Bertz CT molecular complexity index is 872. The van der Waals surface area contributed by atoms with E-state index in [-0.39, 0.29) is 31.0 Å². The molecule has 0 spiro atoms. The van der Waals surface area contributed by atoms with Crippen LogP contribution in [0.4, 0.5) is 10.5 Å². The molecule has 7 nitrogen and oxygen atoms in total. The second-order valence-electron chi connectivity index (χ2n) is 6.80. The van der Waals surface area contributed by atoms with Crippen molar-refractivity contribution in [1.82, 2.24) is 9.80 Å². The summed E-state index contributed by atoms with van der Waals surface area (Å²) in [5.41, 5.74) is 0.552. The summed E-state index contributed by atoms with van der Waals surface area (Å²) >= 11 is 0. The van der Waals surface area contributed by atoms with Crippen molar-refractivity contribution in [1.29, 1.82) is 0 Å². The Kier molecular flexibility index (Phi) is 4.97. The second kappa shape index (κ2) is 7.72. The zero-order valence-electron chi connectivity index (χ0n) is 15.4. The summed E-state index contributed by atoms with van der Waals surface area (Å²) in [5, 5.41) is 0. The molecule has 2 aromatic rings. The van der Waals surface area contributed by atoms with Crippen LogP contribution in [0.5, 0.6) is 5.75 Å². The molecule has 0 N–H and O–H groups in total. The zero-order chi connectivity index (χ0) is 19.5. The first-order valence-electron chi connectivity index (χ1n) is 9.30. The molecule has 0 aromatic heterocycles. The highest BCUT2D eigenvalue weighted by molar-refractivity contribution is 6.21. The Labute approximate surface area is 163 Å². The number of anilines is 1. The number of nitrogens with zero attached hydrogens (tertiary/aromatic N) is 3. The Morgan fingerprint density at radius 3 is 2.36 bits per heavy atom. The number of hydrogen-bond acceptors (Lipinski definition) is 4. The molecule has 2 aliphatic rings. The lowest BCUT2D eigenvalue weighted by Crippen LogP contribution is -2.45. The number of para-hydroxylation sites is 2. The maximum absolute atomic E-state index is 12.9. The largest absolute Gasteiger partial charge is 0.484 e. The van der Waals surface area contributed by atoms with Crippen molar-refractivity contribution in [2.45, 2.75) is 12.5 Å². The standard InChI is InChI=1S/C21H21N3O4/c25-19(15-28-17-10-5-2-6-11-17)22-12-7-13-23-18(14-22)20(26)24(21(23)27)16-8-3-1-4-9-16/h1-6,8-11,18H,7,12-15H2. The monoisotopic (exact) mass is 379 g/mol. The fourth-order valence-corrected chi connectivity index (χ4v) is 3.59. The fraction of sp³-hybridized carbons (Fsp3) is 0.286. The summed E-state index contributed by atoms with van der Waals surface area (Å²) in [4.78, 5) is 42.8. The molecule has 7 heteroatoms. The number of ether oxygens (including phenoxy) is 1. The van der Waals surface area contributed by atoms with Crippen molar-refractivity contribution >= 4 is 23.5 Å². The average molecular weight is 379 g/mol. The summed E-state index contributed by atoms with van der Waals surface area (Å²) in [6, 6.07) is 17.0. The highest BCUT2D eigenvalue weighted by Crippen LogP contribution is 2.27. The molecule has 2 heterocycles. The molecular weight excluding hydrogens is 358 g/mol. The quantitative estimate of drug-likeness (QED) is 0.763. The van der Waals surface area contributed by atoms with Crippen molar-refractivity contribution in [2.75, 3.05) is 31.1 Å². The number of amides is 4. The summed E-state index contributed by atoms with van der Waals surface area (Å²) in [5.74, 6) is 0.138. The molecular formula is C21H21N3O4. The molecule has 0 radical (unpaired) electrons. The first-order valence-corrected chi connectivity index (χ1v) is 9.30. The summed E-state index contributed by atoms with van der Waals surface area (Å²) in [6.45, 7) is 1.03. The van der Waals surface area contributed by atoms with Gasteiger partial charge < -0.3 is 14.5 Å². The number of benzene rings is 2. The number of carbonyl (C=O) groups is 3. The molecule has 4 amide bonds. The van der Waals surface area contributed by atoms with Gasteiger partial charge in [0.2, 0.25) is 0 Å². The number of rotatable bonds is 4. The van der Waals surface area contributed by atoms with E-state index in [1.54, 1.807) is 46.2 Å².